The van der Waals surface area contributed by atoms with Crippen molar-refractivity contribution in [1.29, 1.82) is 0 Å². The van der Waals surface area contributed by atoms with Crippen LogP contribution in [0.4, 0.5) is 0 Å². The molecule has 1 aliphatic rings. The molecule has 3 aromatic rings. The summed E-state index contributed by atoms with van der Waals surface area (Å²) in [6, 6.07) is 13.6. The number of rotatable bonds is 0. The molecule has 0 N–H and O–H groups in total. The van der Waals surface area contributed by atoms with Gasteiger partial charge in [0.25, 0.3) is 0 Å². The van der Waals surface area contributed by atoms with Crippen LogP contribution in [0.2, 0.25) is 0 Å². The van der Waals surface area contributed by atoms with E-state index < -0.39 is 0 Å². The summed E-state index contributed by atoms with van der Waals surface area (Å²) in [5.41, 5.74) is 4.44. The molecule has 3 heteroatoms. The van der Waals surface area contributed by atoms with Crippen molar-refractivity contribution in [3.63, 3.8) is 0 Å². The van der Waals surface area contributed by atoms with Gasteiger partial charge in [0, 0.05) is 54.2 Å². The number of aryl methyl sites for hydroxylation is 6. The molecule has 258 valence electrons. The van der Waals surface area contributed by atoms with Crippen molar-refractivity contribution in [2.75, 3.05) is 0 Å². The summed E-state index contributed by atoms with van der Waals surface area (Å²) in [7, 11) is 0. The van der Waals surface area contributed by atoms with Gasteiger partial charge in [0.05, 0.1) is 0 Å². The standard InChI is InChI=1S/C45H66N3/c1-4-10-16-22-34-46-37-26-32-44(41-46)29-20-14-8-3-6-12-18-24-36-48-39-27-33-45(42-48)30-21-15-9-2-5-11-17-23-35-47-38-25-31-43(40-47)28-19-13-7-1/h10-12,16-18,25-27,31-33,37-42H,1-9,13-15,19-24,28-30,34-36H2/q+3/b16-10+,17-11+,18-12+. The summed E-state index contributed by atoms with van der Waals surface area (Å²) in [6.45, 7) is 3.23. The Kier molecular flexibility index (Phi) is 19.3. The van der Waals surface area contributed by atoms with Crippen molar-refractivity contribution in [2.24, 2.45) is 0 Å². The predicted molar refractivity (Wildman–Crippen MR) is 202 cm³/mol. The first-order chi connectivity index (χ1) is 23.8. The van der Waals surface area contributed by atoms with E-state index in [4.69, 9.17) is 0 Å². The van der Waals surface area contributed by atoms with Crippen molar-refractivity contribution in [2.45, 2.75) is 154 Å². The van der Waals surface area contributed by atoms with Gasteiger partial charge in [-0.05, 0) is 95.2 Å². The smallest absolute Gasteiger partial charge is 0.171 e. The summed E-state index contributed by atoms with van der Waals surface area (Å²) < 4.78 is 7.13. The average Bonchev–Trinajstić information content (AvgIpc) is 3.11. The molecule has 3 nitrogen and oxygen atoms in total. The van der Waals surface area contributed by atoms with Crippen molar-refractivity contribution in [3.8, 4) is 0 Å². The van der Waals surface area contributed by atoms with E-state index in [0.29, 0.717) is 0 Å². The van der Waals surface area contributed by atoms with Crippen LogP contribution in [0.5, 0.6) is 0 Å². The minimum atomic E-state index is 1.08. The van der Waals surface area contributed by atoms with Gasteiger partial charge in [0.15, 0.2) is 56.8 Å². The van der Waals surface area contributed by atoms with Crippen molar-refractivity contribution in [3.05, 3.63) is 127 Å². The molecule has 0 unspecified atom stereocenters. The zero-order valence-electron chi connectivity index (χ0n) is 30.2. The van der Waals surface area contributed by atoms with Crippen LogP contribution in [-0.2, 0) is 38.9 Å². The Bertz CT molecular complexity index is 1190. The van der Waals surface area contributed by atoms with Crippen LogP contribution in [0.1, 0.15) is 132 Å². The van der Waals surface area contributed by atoms with Crippen LogP contribution in [0.25, 0.3) is 0 Å². The zero-order valence-corrected chi connectivity index (χ0v) is 30.2. The molecule has 4 rings (SSSR count). The van der Waals surface area contributed by atoms with Crippen molar-refractivity contribution < 1.29 is 13.7 Å². The van der Waals surface area contributed by atoms with Crippen molar-refractivity contribution in [1.82, 2.24) is 0 Å². The third kappa shape index (κ3) is 17.2. The van der Waals surface area contributed by atoms with Crippen LogP contribution < -0.4 is 13.7 Å². The molecule has 0 amide bonds. The Morgan fingerprint density at radius 3 is 0.938 bits per heavy atom. The van der Waals surface area contributed by atoms with E-state index in [9.17, 15) is 0 Å². The summed E-state index contributed by atoms with van der Waals surface area (Å²) in [4.78, 5) is 0. The lowest BCUT2D eigenvalue weighted by molar-refractivity contribution is -0.696. The highest BCUT2D eigenvalue weighted by Gasteiger charge is 2.05. The summed E-state index contributed by atoms with van der Waals surface area (Å²) in [5.74, 6) is 0. The first kappa shape index (κ1) is 37.5. The normalized spacial score (nSPS) is 20.2. The van der Waals surface area contributed by atoms with E-state index in [1.165, 1.54) is 132 Å². The van der Waals surface area contributed by atoms with E-state index in [1.807, 2.05) is 0 Å². The molecule has 0 spiro atoms. The second-order valence-corrected chi connectivity index (χ2v) is 14.0. The van der Waals surface area contributed by atoms with Crippen LogP contribution in [0.3, 0.4) is 0 Å². The lowest BCUT2D eigenvalue weighted by Gasteiger charge is -2.02. The quantitative estimate of drug-likeness (QED) is 0.170. The molecular weight excluding hydrogens is 583 g/mol. The lowest BCUT2D eigenvalue weighted by Crippen LogP contribution is -2.32. The summed E-state index contributed by atoms with van der Waals surface area (Å²) >= 11 is 0. The van der Waals surface area contributed by atoms with Crippen LogP contribution in [0.15, 0.2) is 110 Å². The maximum absolute atomic E-state index is 2.41. The van der Waals surface area contributed by atoms with E-state index >= 15 is 0 Å². The molecule has 0 fully saturated rings. The molecule has 0 saturated heterocycles. The SMILES string of the molecule is C1=C/CC[n+]2cccc(c2)CCCCCC/C=C/CC[n+]2cccc(c2)CCCCCC/C=C/CC[n+]2cccc(c2)CCCCCC/1. The Balaban J connectivity index is 1.20. The zero-order chi connectivity index (χ0) is 33.2. The third-order valence-electron chi connectivity index (χ3n) is 9.68. The minimum Gasteiger partial charge on any atom is -0.205 e. The van der Waals surface area contributed by atoms with Gasteiger partial charge in [-0.3, -0.25) is 0 Å². The number of fused-ring (bicyclic) bond motifs is 6. The second-order valence-electron chi connectivity index (χ2n) is 14.0. The van der Waals surface area contributed by atoms with Gasteiger partial charge >= 0.3 is 0 Å². The first-order valence-electron chi connectivity index (χ1n) is 19.7. The summed E-state index contributed by atoms with van der Waals surface area (Å²) in [6.07, 6.45) is 54.6. The fraction of sp³-hybridized carbons (Fsp3) is 0.533. The molecule has 4 heterocycles. The third-order valence-corrected chi connectivity index (χ3v) is 9.68. The minimum absolute atomic E-state index is 1.08. The molecule has 0 aromatic carbocycles. The Morgan fingerprint density at radius 2 is 0.604 bits per heavy atom. The fourth-order valence-electron chi connectivity index (χ4n) is 6.80. The van der Waals surface area contributed by atoms with Gasteiger partial charge in [0.1, 0.15) is 0 Å². The predicted octanol–water partition coefficient (Wildman–Crippen LogP) is 10.3. The summed E-state index contributed by atoms with van der Waals surface area (Å²) in [5, 5.41) is 0. The number of nitrogens with zero attached hydrogens (tertiary/aromatic N) is 3. The molecule has 1 aliphatic heterocycles. The molecule has 48 heavy (non-hydrogen) atoms. The van der Waals surface area contributed by atoms with E-state index in [0.717, 1.165) is 38.9 Å². The largest absolute Gasteiger partial charge is 0.205 e. The highest BCUT2D eigenvalue weighted by Crippen LogP contribution is 2.11. The highest BCUT2D eigenvalue weighted by molar-refractivity contribution is 5.06. The number of allylic oxidation sites excluding steroid dienone is 6. The van der Waals surface area contributed by atoms with E-state index in [1.54, 1.807) is 0 Å². The maximum atomic E-state index is 2.41. The van der Waals surface area contributed by atoms with E-state index in [-0.39, 0.29) is 0 Å². The van der Waals surface area contributed by atoms with Gasteiger partial charge < -0.3 is 0 Å². The van der Waals surface area contributed by atoms with Gasteiger partial charge in [-0.15, -0.1) is 0 Å². The van der Waals surface area contributed by atoms with Gasteiger partial charge in [-0.25, -0.2) is 13.7 Å². The molecular formula is C45H66N3+3. The fourth-order valence-corrected chi connectivity index (χ4v) is 6.80. The van der Waals surface area contributed by atoms with Gasteiger partial charge in [-0.1, -0.05) is 75.0 Å². The average molecular weight is 649 g/mol. The van der Waals surface area contributed by atoms with E-state index in [2.05, 4.69) is 124 Å². The highest BCUT2D eigenvalue weighted by atomic mass is 14.9. The topological polar surface area (TPSA) is 11.6 Å². The van der Waals surface area contributed by atoms with Gasteiger partial charge in [-0.2, -0.15) is 0 Å². The number of aromatic nitrogens is 3. The second kappa shape index (κ2) is 24.8. The Labute approximate surface area is 294 Å². The maximum Gasteiger partial charge on any atom is 0.171 e. The first-order valence-corrected chi connectivity index (χ1v) is 19.7. The molecule has 0 aliphatic carbocycles. The molecule has 0 radical (unpaired) electrons. The van der Waals surface area contributed by atoms with Crippen LogP contribution in [0, 0.1) is 0 Å². The number of hydrogen-bond donors (Lipinski definition) is 0. The molecule has 0 atom stereocenters. The van der Waals surface area contributed by atoms with Crippen molar-refractivity contribution >= 4 is 0 Å². The van der Waals surface area contributed by atoms with Crippen LogP contribution >= 0.6 is 0 Å². The molecule has 6 bridgehead atoms. The molecule has 0 saturated carbocycles. The monoisotopic (exact) mass is 649 g/mol. The number of hydrogen-bond acceptors (Lipinski definition) is 0. The van der Waals surface area contributed by atoms with Gasteiger partial charge in [0.2, 0.25) is 0 Å². The lowest BCUT2D eigenvalue weighted by atomic mass is 10.1. The molecule has 3 aromatic heterocycles. The number of pyridine rings is 3. The van der Waals surface area contributed by atoms with Crippen LogP contribution in [-0.4, -0.2) is 0 Å². The Morgan fingerprint density at radius 1 is 0.312 bits per heavy atom. The Hall–Kier alpha value is -3.33.